The van der Waals surface area contributed by atoms with Crippen LogP contribution in [0, 0.1) is 6.92 Å². The minimum absolute atomic E-state index is 0.304. The van der Waals surface area contributed by atoms with Gasteiger partial charge in [0.05, 0.1) is 5.56 Å². The maximum atomic E-state index is 11.5. The molecule has 0 radical (unpaired) electrons. The molecule has 0 saturated heterocycles. The predicted octanol–water partition coefficient (Wildman–Crippen LogP) is 5.05. The summed E-state index contributed by atoms with van der Waals surface area (Å²) in [7, 11) is 0. The van der Waals surface area contributed by atoms with Crippen LogP contribution in [0.3, 0.4) is 0 Å². The van der Waals surface area contributed by atoms with E-state index >= 15 is 0 Å². The van der Waals surface area contributed by atoms with Crippen molar-refractivity contribution in [3.63, 3.8) is 0 Å². The van der Waals surface area contributed by atoms with Gasteiger partial charge in [-0.3, -0.25) is 0 Å². The molecular formula is C20H15BrO4. The summed E-state index contributed by atoms with van der Waals surface area (Å²) < 4.78 is 12.0. The first-order chi connectivity index (χ1) is 12.0. The van der Waals surface area contributed by atoms with Crippen LogP contribution in [0.25, 0.3) is 21.9 Å². The lowest BCUT2D eigenvalue weighted by atomic mass is 9.97. The van der Waals surface area contributed by atoms with Crippen LogP contribution in [-0.2, 0) is 0 Å². The number of hydrogen-bond donors (Lipinski definition) is 1. The number of carbonyl (C=O) groups is 1. The number of rotatable bonds is 2. The highest BCUT2D eigenvalue weighted by Gasteiger charge is 2.15. The zero-order valence-electron chi connectivity index (χ0n) is 13.5. The first kappa shape index (κ1) is 16.0. The number of carboxylic acid groups (broad SMARTS) is 1. The predicted molar refractivity (Wildman–Crippen MR) is 99.8 cm³/mol. The average Bonchev–Trinajstić information content (AvgIpc) is 2.63. The molecule has 0 unspecified atom stereocenters. The zero-order chi connectivity index (χ0) is 17.6. The summed E-state index contributed by atoms with van der Waals surface area (Å²) in [5.74, 6) is 0.562. The molecule has 3 aromatic carbocycles. The summed E-state index contributed by atoms with van der Waals surface area (Å²) in [5.41, 5.74) is 3.03. The molecule has 1 N–H and O–H groups in total. The van der Waals surface area contributed by atoms with Crippen LogP contribution < -0.4 is 9.47 Å². The van der Waals surface area contributed by atoms with E-state index in [9.17, 15) is 9.90 Å². The van der Waals surface area contributed by atoms with Gasteiger partial charge < -0.3 is 14.6 Å². The Hall–Kier alpha value is -2.53. The smallest absolute Gasteiger partial charge is 0.336 e. The molecule has 25 heavy (non-hydrogen) atoms. The third-order valence-electron chi connectivity index (χ3n) is 4.43. The van der Waals surface area contributed by atoms with E-state index in [1.807, 2.05) is 43.3 Å². The van der Waals surface area contributed by atoms with E-state index in [2.05, 4.69) is 15.9 Å². The van der Waals surface area contributed by atoms with Crippen LogP contribution >= 0.6 is 15.9 Å². The van der Waals surface area contributed by atoms with E-state index in [0.717, 1.165) is 43.4 Å². The molecule has 4 nitrogen and oxygen atoms in total. The third kappa shape index (κ3) is 2.74. The van der Waals surface area contributed by atoms with Crippen LogP contribution in [0.1, 0.15) is 15.9 Å². The highest BCUT2D eigenvalue weighted by atomic mass is 79.9. The quantitative estimate of drug-likeness (QED) is 0.656. The van der Waals surface area contributed by atoms with Crippen molar-refractivity contribution < 1.29 is 19.4 Å². The molecule has 0 amide bonds. The Morgan fingerprint density at radius 2 is 1.68 bits per heavy atom. The van der Waals surface area contributed by atoms with Gasteiger partial charge in [0.1, 0.15) is 13.2 Å². The Morgan fingerprint density at radius 1 is 1.00 bits per heavy atom. The number of hydrogen-bond acceptors (Lipinski definition) is 3. The monoisotopic (exact) mass is 398 g/mol. The molecule has 0 bridgehead atoms. The van der Waals surface area contributed by atoms with Gasteiger partial charge >= 0.3 is 5.97 Å². The van der Waals surface area contributed by atoms with Crippen molar-refractivity contribution in [3.8, 4) is 22.6 Å². The van der Waals surface area contributed by atoms with E-state index < -0.39 is 5.97 Å². The fourth-order valence-corrected chi connectivity index (χ4v) is 3.67. The largest absolute Gasteiger partial charge is 0.486 e. The molecule has 3 aromatic rings. The van der Waals surface area contributed by atoms with Crippen molar-refractivity contribution in [2.75, 3.05) is 13.2 Å². The highest BCUT2D eigenvalue weighted by Crippen LogP contribution is 2.37. The summed E-state index contributed by atoms with van der Waals surface area (Å²) in [6, 6.07) is 13.6. The van der Waals surface area contributed by atoms with Crippen LogP contribution in [0.5, 0.6) is 11.5 Å². The Labute approximate surface area is 153 Å². The maximum Gasteiger partial charge on any atom is 0.336 e. The second kappa shape index (κ2) is 6.08. The van der Waals surface area contributed by atoms with Gasteiger partial charge in [0, 0.05) is 4.47 Å². The number of halogens is 1. The minimum atomic E-state index is -0.926. The van der Waals surface area contributed by atoms with Crippen molar-refractivity contribution in [1.29, 1.82) is 0 Å². The number of fused-ring (bicyclic) bond motifs is 2. The van der Waals surface area contributed by atoms with Crippen LogP contribution in [0.2, 0.25) is 0 Å². The van der Waals surface area contributed by atoms with Crippen LogP contribution in [-0.4, -0.2) is 24.3 Å². The summed E-state index contributed by atoms with van der Waals surface area (Å²) in [6.45, 7) is 2.91. The summed E-state index contributed by atoms with van der Waals surface area (Å²) in [5, 5.41) is 11.3. The zero-order valence-corrected chi connectivity index (χ0v) is 15.1. The average molecular weight is 399 g/mol. The molecule has 4 rings (SSSR count). The standard InChI is InChI=1S/C20H15BrO4/c1-11-16(20(22)23)9-14-8-12(2-4-15(14)19(11)21)13-3-5-17-18(10-13)25-7-6-24-17/h2-5,8-10H,6-7H2,1H3,(H,22,23). The molecule has 0 fully saturated rings. The SMILES string of the molecule is Cc1c(C(=O)O)cc2cc(-c3ccc4c(c3)OCCO4)ccc2c1Br. The Balaban J connectivity index is 1.86. The lowest BCUT2D eigenvalue weighted by molar-refractivity contribution is 0.0696. The summed E-state index contributed by atoms with van der Waals surface area (Å²) in [4.78, 5) is 11.5. The lowest BCUT2D eigenvalue weighted by Crippen LogP contribution is -2.15. The van der Waals surface area contributed by atoms with Gasteiger partial charge in [0.25, 0.3) is 0 Å². The van der Waals surface area contributed by atoms with E-state index in [1.165, 1.54) is 0 Å². The highest BCUT2D eigenvalue weighted by molar-refractivity contribution is 9.10. The van der Waals surface area contributed by atoms with Gasteiger partial charge in [0.15, 0.2) is 11.5 Å². The molecule has 1 aliphatic rings. The minimum Gasteiger partial charge on any atom is -0.486 e. The van der Waals surface area contributed by atoms with Crippen molar-refractivity contribution in [2.45, 2.75) is 6.92 Å². The Kier molecular flexibility index (Phi) is 3.88. The van der Waals surface area contributed by atoms with Crippen molar-refractivity contribution in [1.82, 2.24) is 0 Å². The van der Waals surface area contributed by atoms with Crippen LogP contribution in [0.15, 0.2) is 46.9 Å². The molecule has 0 atom stereocenters. The first-order valence-electron chi connectivity index (χ1n) is 7.91. The fourth-order valence-electron chi connectivity index (χ4n) is 3.09. The van der Waals surface area contributed by atoms with Crippen molar-refractivity contribution in [2.24, 2.45) is 0 Å². The lowest BCUT2D eigenvalue weighted by Gasteiger charge is -2.19. The fraction of sp³-hybridized carbons (Fsp3) is 0.150. The van der Waals surface area contributed by atoms with Crippen LogP contribution in [0.4, 0.5) is 0 Å². The molecule has 0 aromatic heterocycles. The van der Waals surface area contributed by atoms with Crippen molar-refractivity contribution >= 4 is 32.7 Å². The topological polar surface area (TPSA) is 55.8 Å². The second-order valence-corrected chi connectivity index (χ2v) is 6.76. The Morgan fingerprint density at radius 3 is 2.44 bits per heavy atom. The number of ether oxygens (including phenoxy) is 2. The number of aromatic carboxylic acids is 1. The molecule has 1 aliphatic heterocycles. The summed E-state index contributed by atoms with van der Waals surface area (Å²) in [6.07, 6.45) is 0. The van der Waals surface area contributed by atoms with E-state index in [-0.39, 0.29) is 0 Å². The number of carboxylic acids is 1. The second-order valence-electron chi connectivity index (χ2n) is 5.96. The normalized spacial score (nSPS) is 13.0. The van der Waals surface area contributed by atoms with Gasteiger partial charge in [-0.05, 0) is 74.6 Å². The summed E-state index contributed by atoms with van der Waals surface area (Å²) >= 11 is 3.53. The molecule has 126 valence electrons. The van der Waals surface area contributed by atoms with E-state index in [0.29, 0.717) is 18.8 Å². The number of benzene rings is 3. The van der Waals surface area contributed by atoms with Gasteiger partial charge in [0.2, 0.25) is 0 Å². The first-order valence-corrected chi connectivity index (χ1v) is 8.70. The Bertz CT molecular complexity index is 1010. The molecule has 0 saturated carbocycles. The molecule has 1 heterocycles. The van der Waals surface area contributed by atoms with Gasteiger partial charge in [-0.2, -0.15) is 0 Å². The molecule has 5 heteroatoms. The maximum absolute atomic E-state index is 11.5. The van der Waals surface area contributed by atoms with E-state index in [1.54, 1.807) is 6.07 Å². The molecule has 0 spiro atoms. The van der Waals surface area contributed by atoms with E-state index in [4.69, 9.17) is 9.47 Å². The third-order valence-corrected chi connectivity index (χ3v) is 5.45. The molecule has 0 aliphatic carbocycles. The molecular weight excluding hydrogens is 384 g/mol. The van der Waals surface area contributed by atoms with Crippen molar-refractivity contribution in [3.05, 3.63) is 58.1 Å². The van der Waals surface area contributed by atoms with Gasteiger partial charge in [-0.1, -0.05) is 18.2 Å². The van der Waals surface area contributed by atoms with Gasteiger partial charge in [-0.25, -0.2) is 4.79 Å². The van der Waals surface area contributed by atoms with Gasteiger partial charge in [-0.15, -0.1) is 0 Å².